The highest BCUT2D eigenvalue weighted by Gasteiger charge is 2.36. The molecular weight excluding hydrogens is 441 g/mol. The van der Waals surface area contributed by atoms with E-state index in [0.29, 0.717) is 18.5 Å². The van der Waals surface area contributed by atoms with Crippen LogP contribution in [0.25, 0.3) is 22.3 Å². The summed E-state index contributed by atoms with van der Waals surface area (Å²) in [6, 6.07) is 12.1. The Morgan fingerprint density at radius 2 is 2.09 bits per heavy atom. The third-order valence-electron chi connectivity index (χ3n) is 6.37. The molecule has 1 aliphatic rings. The van der Waals surface area contributed by atoms with Crippen LogP contribution in [0.1, 0.15) is 18.9 Å². The third-order valence-corrected chi connectivity index (χ3v) is 8.32. The summed E-state index contributed by atoms with van der Waals surface area (Å²) in [5.41, 5.74) is 4.43. The monoisotopic (exact) mass is 467 g/mol. The largest absolute Gasteiger partial charge is 0.346 e. The summed E-state index contributed by atoms with van der Waals surface area (Å²) in [6.45, 7) is 3.19. The highest BCUT2D eigenvalue weighted by atomic mass is 32.2. The van der Waals surface area contributed by atoms with Gasteiger partial charge < -0.3 is 4.57 Å². The molecule has 9 heteroatoms. The summed E-state index contributed by atoms with van der Waals surface area (Å²) in [6.07, 6.45) is 6.69. The van der Waals surface area contributed by atoms with Crippen molar-refractivity contribution in [3.63, 3.8) is 0 Å². The first-order valence-corrected chi connectivity index (χ1v) is 12.7. The third kappa shape index (κ3) is 4.56. The maximum Gasteiger partial charge on any atom is 0.214 e. The predicted octanol–water partition coefficient (Wildman–Crippen LogP) is 3.85. The van der Waals surface area contributed by atoms with Gasteiger partial charge >= 0.3 is 0 Å². The molecule has 1 aliphatic heterocycles. The summed E-state index contributed by atoms with van der Waals surface area (Å²) in [5.74, 6) is -0.140. The van der Waals surface area contributed by atoms with Crippen molar-refractivity contribution in [2.45, 2.75) is 32.4 Å². The Kier molecular flexibility index (Phi) is 5.76. The van der Waals surface area contributed by atoms with Crippen LogP contribution in [0, 0.1) is 11.7 Å². The molecule has 2 atom stereocenters. The molecular formula is C24H26FN5O2S. The number of fused-ring (bicyclic) bond motifs is 1. The van der Waals surface area contributed by atoms with E-state index in [2.05, 4.69) is 20.8 Å². The summed E-state index contributed by atoms with van der Waals surface area (Å²) >= 11 is 0. The van der Waals surface area contributed by atoms with E-state index in [1.807, 2.05) is 31.5 Å². The lowest BCUT2D eigenvalue weighted by atomic mass is 10.1. The van der Waals surface area contributed by atoms with Gasteiger partial charge in [0.05, 0.1) is 28.7 Å². The molecule has 1 unspecified atom stereocenters. The maximum absolute atomic E-state index is 13.4. The predicted molar refractivity (Wildman–Crippen MR) is 125 cm³/mol. The molecule has 1 saturated heterocycles. The van der Waals surface area contributed by atoms with E-state index in [1.54, 1.807) is 22.6 Å². The first-order valence-electron chi connectivity index (χ1n) is 11.1. The van der Waals surface area contributed by atoms with Gasteiger partial charge in [-0.15, -0.1) is 0 Å². The van der Waals surface area contributed by atoms with Gasteiger partial charge in [0.1, 0.15) is 5.82 Å². The van der Waals surface area contributed by atoms with Crippen LogP contribution in [0.15, 0.2) is 61.1 Å². The minimum Gasteiger partial charge on any atom is -0.346 e. The van der Waals surface area contributed by atoms with Gasteiger partial charge in [0.2, 0.25) is 10.0 Å². The number of H-pyrrole nitrogens is 1. The van der Waals surface area contributed by atoms with E-state index in [0.717, 1.165) is 35.3 Å². The van der Waals surface area contributed by atoms with Gasteiger partial charge in [-0.25, -0.2) is 17.8 Å². The molecule has 0 bridgehead atoms. The molecule has 4 aromatic rings. The zero-order valence-corrected chi connectivity index (χ0v) is 19.2. The van der Waals surface area contributed by atoms with Gasteiger partial charge in [-0.3, -0.25) is 5.10 Å². The number of hydrogen-bond donors (Lipinski definition) is 1. The maximum atomic E-state index is 13.4. The number of halogens is 1. The number of sulfonamides is 1. The van der Waals surface area contributed by atoms with Gasteiger partial charge in [0, 0.05) is 37.1 Å². The molecule has 5 rings (SSSR count). The van der Waals surface area contributed by atoms with Crippen LogP contribution < -0.4 is 0 Å². The zero-order valence-electron chi connectivity index (χ0n) is 18.4. The van der Waals surface area contributed by atoms with Crippen molar-refractivity contribution in [2.75, 3.05) is 12.3 Å². The minimum atomic E-state index is -3.42. The molecule has 7 nitrogen and oxygen atoms in total. The van der Waals surface area contributed by atoms with Crippen LogP contribution in [0.3, 0.4) is 0 Å². The van der Waals surface area contributed by atoms with Gasteiger partial charge in [0.25, 0.3) is 0 Å². The Bertz CT molecular complexity index is 1370. The normalized spacial score (nSPS) is 19.5. The number of nitrogens with one attached hydrogen (secondary N) is 1. The van der Waals surface area contributed by atoms with Crippen LogP contribution in [0.5, 0.6) is 0 Å². The Morgan fingerprint density at radius 1 is 1.21 bits per heavy atom. The average Bonchev–Trinajstić information content (AvgIpc) is 3.53. The van der Waals surface area contributed by atoms with Crippen LogP contribution in [0.2, 0.25) is 0 Å². The molecule has 4 heterocycles. The first kappa shape index (κ1) is 21.8. The number of aromatic amines is 1. The Morgan fingerprint density at radius 3 is 2.88 bits per heavy atom. The van der Waals surface area contributed by atoms with Crippen molar-refractivity contribution < 1.29 is 12.8 Å². The number of aryl methyl sites for hydroxylation is 1. The SMILES string of the molecule is C[C@H]1CC(Cn2ccc3nc(-c4cn[nH]c4)ccc32)CN1S(=O)(=O)CCc1cccc(F)c1. The highest BCUT2D eigenvalue weighted by molar-refractivity contribution is 7.89. The molecule has 0 aliphatic carbocycles. The van der Waals surface area contributed by atoms with E-state index in [-0.39, 0.29) is 23.5 Å². The van der Waals surface area contributed by atoms with Crippen molar-refractivity contribution in [3.8, 4) is 11.3 Å². The smallest absolute Gasteiger partial charge is 0.214 e. The zero-order chi connectivity index (χ0) is 23.0. The summed E-state index contributed by atoms with van der Waals surface area (Å²) < 4.78 is 43.2. The number of nitrogens with zero attached hydrogens (tertiary/aromatic N) is 4. The van der Waals surface area contributed by atoms with Crippen molar-refractivity contribution in [2.24, 2.45) is 5.92 Å². The molecule has 1 fully saturated rings. The second-order valence-corrected chi connectivity index (χ2v) is 10.8. The Hall–Kier alpha value is -3.04. The molecule has 1 aromatic carbocycles. The van der Waals surface area contributed by atoms with Crippen molar-refractivity contribution >= 4 is 21.1 Å². The number of hydrogen-bond acceptors (Lipinski definition) is 4. The first-order chi connectivity index (χ1) is 15.9. The number of pyridine rings is 1. The number of aromatic nitrogens is 4. The van der Waals surface area contributed by atoms with E-state index in [4.69, 9.17) is 4.98 Å². The average molecular weight is 468 g/mol. The Balaban J connectivity index is 1.26. The summed E-state index contributed by atoms with van der Waals surface area (Å²) in [4.78, 5) is 4.73. The molecule has 3 aromatic heterocycles. The van der Waals surface area contributed by atoms with Gasteiger partial charge in [-0.1, -0.05) is 12.1 Å². The summed E-state index contributed by atoms with van der Waals surface area (Å²) in [5, 5.41) is 6.78. The van der Waals surface area contributed by atoms with Gasteiger partial charge in [0.15, 0.2) is 0 Å². The summed E-state index contributed by atoms with van der Waals surface area (Å²) in [7, 11) is -3.42. The fourth-order valence-electron chi connectivity index (χ4n) is 4.75. The molecule has 0 amide bonds. The molecule has 0 radical (unpaired) electrons. The molecule has 0 spiro atoms. The number of benzene rings is 1. The molecule has 0 saturated carbocycles. The fourth-order valence-corrected chi connectivity index (χ4v) is 6.55. The van der Waals surface area contributed by atoms with Gasteiger partial charge in [-0.05, 0) is 61.6 Å². The second-order valence-electron chi connectivity index (χ2n) is 8.77. The second kappa shape index (κ2) is 8.72. The standard InChI is InChI=1S/C24H26FN5O2S/c1-17-11-19(16-30(17)33(31,32)10-8-18-3-2-4-21(25)12-18)15-29-9-7-23-24(29)6-5-22(28-23)20-13-26-27-14-20/h2-7,9,12-14,17,19H,8,10-11,15-16H2,1H3,(H,26,27)/t17-,19?/m0/s1. The fraction of sp³-hybridized carbons (Fsp3) is 0.333. The van der Waals surface area contributed by atoms with E-state index >= 15 is 0 Å². The topological polar surface area (TPSA) is 83.9 Å². The van der Waals surface area contributed by atoms with Crippen LogP contribution >= 0.6 is 0 Å². The number of rotatable bonds is 7. The molecule has 1 N–H and O–H groups in total. The van der Waals surface area contributed by atoms with Crippen LogP contribution in [-0.4, -0.2) is 50.8 Å². The Labute approximate surface area is 192 Å². The molecule has 33 heavy (non-hydrogen) atoms. The lowest BCUT2D eigenvalue weighted by Crippen LogP contribution is -2.36. The lowest BCUT2D eigenvalue weighted by Gasteiger charge is -2.21. The minimum absolute atomic E-state index is 0.0132. The van der Waals surface area contributed by atoms with E-state index < -0.39 is 10.0 Å². The van der Waals surface area contributed by atoms with Crippen LogP contribution in [0.4, 0.5) is 4.39 Å². The van der Waals surface area contributed by atoms with E-state index in [1.165, 1.54) is 12.1 Å². The van der Waals surface area contributed by atoms with Crippen molar-refractivity contribution in [1.29, 1.82) is 0 Å². The molecule has 172 valence electrons. The lowest BCUT2D eigenvalue weighted by molar-refractivity contribution is 0.399. The highest BCUT2D eigenvalue weighted by Crippen LogP contribution is 2.29. The quantitative estimate of drug-likeness (QED) is 0.448. The van der Waals surface area contributed by atoms with Gasteiger partial charge in [-0.2, -0.15) is 9.40 Å². The van der Waals surface area contributed by atoms with Crippen molar-refractivity contribution in [1.82, 2.24) is 24.1 Å². The van der Waals surface area contributed by atoms with E-state index in [9.17, 15) is 12.8 Å². The van der Waals surface area contributed by atoms with Crippen molar-refractivity contribution in [3.05, 3.63) is 72.4 Å². The van der Waals surface area contributed by atoms with Crippen LogP contribution in [-0.2, 0) is 23.0 Å².